The zero-order chi connectivity index (χ0) is 20.1. The van der Waals surface area contributed by atoms with Crippen molar-refractivity contribution in [3.8, 4) is 0 Å². The second kappa shape index (κ2) is 8.88. The van der Waals surface area contributed by atoms with Gasteiger partial charge in [-0.05, 0) is 47.6 Å². The van der Waals surface area contributed by atoms with Gasteiger partial charge >= 0.3 is 0 Å². The number of amides is 1. The number of aryl methyl sites for hydroxylation is 1. The fourth-order valence-corrected chi connectivity index (χ4v) is 5.30. The number of nitrogens with one attached hydrogen (secondary N) is 1. The van der Waals surface area contributed by atoms with Gasteiger partial charge in [-0.15, -0.1) is 0 Å². The predicted octanol–water partition coefficient (Wildman–Crippen LogP) is 3.45. The first-order chi connectivity index (χ1) is 13.5. The summed E-state index contributed by atoms with van der Waals surface area (Å²) in [5, 5.41) is 2.96. The van der Waals surface area contributed by atoms with E-state index in [4.69, 9.17) is 0 Å². The fourth-order valence-electron chi connectivity index (χ4n) is 3.85. The maximum Gasteiger partial charge on any atom is 0.243 e. The van der Waals surface area contributed by atoms with Gasteiger partial charge in [0, 0.05) is 26.1 Å². The molecule has 0 bridgehead atoms. The third kappa shape index (κ3) is 4.45. The van der Waals surface area contributed by atoms with Gasteiger partial charge in [0.15, 0.2) is 0 Å². The Balaban J connectivity index is 1.56. The first-order valence-corrected chi connectivity index (χ1v) is 11.3. The van der Waals surface area contributed by atoms with Crippen LogP contribution in [0.25, 0.3) is 0 Å². The van der Waals surface area contributed by atoms with Gasteiger partial charge in [0.25, 0.3) is 0 Å². The van der Waals surface area contributed by atoms with Crippen LogP contribution in [0.2, 0.25) is 0 Å². The smallest absolute Gasteiger partial charge is 0.243 e. The van der Waals surface area contributed by atoms with Crippen molar-refractivity contribution in [3.05, 3.63) is 65.2 Å². The fraction of sp³-hybridized carbons (Fsp3) is 0.409. The summed E-state index contributed by atoms with van der Waals surface area (Å²) < 4.78 is 26.5. The minimum absolute atomic E-state index is 0.0292. The lowest BCUT2D eigenvalue weighted by Gasteiger charge is -2.18. The lowest BCUT2D eigenvalue weighted by atomic mass is 9.97. The van der Waals surface area contributed by atoms with Crippen LogP contribution in [0.3, 0.4) is 0 Å². The van der Waals surface area contributed by atoms with Gasteiger partial charge in [-0.2, -0.15) is 4.31 Å². The van der Waals surface area contributed by atoms with Crippen LogP contribution in [0.5, 0.6) is 0 Å². The van der Waals surface area contributed by atoms with Gasteiger partial charge < -0.3 is 5.32 Å². The molecule has 150 valence electrons. The Morgan fingerprint density at radius 2 is 1.75 bits per heavy atom. The molecule has 1 aliphatic rings. The van der Waals surface area contributed by atoms with Crippen LogP contribution in [-0.2, 0) is 27.8 Å². The average molecular weight is 401 g/mol. The molecule has 2 aromatic carbocycles. The highest BCUT2D eigenvalue weighted by Gasteiger charge is 2.24. The van der Waals surface area contributed by atoms with Crippen LogP contribution in [0.15, 0.2) is 53.4 Å². The molecule has 1 unspecified atom stereocenters. The summed E-state index contributed by atoms with van der Waals surface area (Å²) >= 11 is 0. The van der Waals surface area contributed by atoms with Crippen molar-refractivity contribution in [2.24, 2.45) is 0 Å². The quantitative estimate of drug-likeness (QED) is 0.738. The van der Waals surface area contributed by atoms with E-state index in [-0.39, 0.29) is 16.7 Å². The second-order valence-electron chi connectivity index (χ2n) is 7.15. The largest absolute Gasteiger partial charge is 0.352 e. The molecule has 0 saturated heterocycles. The zero-order valence-corrected chi connectivity index (χ0v) is 17.3. The lowest BCUT2D eigenvalue weighted by molar-refractivity contribution is -0.121. The normalized spacial score (nSPS) is 16.2. The molecular weight excluding hydrogens is 372 g/mol. The molecule has 0 fully saturated rings. The highest BCUT2D eigenvalue weighted by atomic mass is 32.2. The Kier molecular flexibility index (Phi) is 6.52. The lowest BCUT2D eigenvalue weighted by Crippen LogP contribution is -2.30. The molecule has 0 radical (unpaired) electrons. The van der Waals surface area contributed by atoms with E-state index in [1.807, 2.05) is 26.0 Å². The van der Waals surface area contributed by atoms with Crippen molar-refractivity contribution in [2.45, 2.75) is 50.5 Å². The zero-order valence-electron chi connectivity index (χ0n) is 16.5. The van der Waals surface area contributed by atoms with Gasteiger partial charge in [-0.25, -0.2) is 8.42 Å². The van der Waals surface area contributed by atoms with Gasteiger partial charge in [0.05, 0.1) is 4.90 Å². The molecular formula is C22H28N2O3S. The van der Waals surface area contributed by atoms with Gasteiger partial charge in [0.2, 0.25) is 15.9 Å². The Hall–Kier alpha value is -2.18. The van der Waals surface area contributed by atoms with Crippen LogP contribution in [0, 0.1) is 0 Å². The third-order valence-electron chi connectivity index (χ3n) is 5.45. The highest BCUT2D eigenvalue weighted by molar-refractivity contribution is 7.89. The van der Waals surface area contributed by atoms with Gasteiger partial charge in [0.1, 0.15) is 0 Å². The van der Waals surface area contributed by atoms with Crippen molar-refractivity contribution >= 4 is 15.9 Å². The van der Waals surface area contributed by atoms with E-state index in [1.165, 1.54) is 15.4 Å². The molecule has 0 heterocycles. The number of hydrogen-bond donors (Lipinski definition) is 1. The van der Waals surface area contributed by atoms with E-state index >= 15 is 0 Å². The van der Waals surface area contributed by atoms with Crippen molar-refractivity contribution in [1.29, 1.82) is 0 Å². The SMILES string of the molecule is CCN(CC)S(=O)(=O)c1ccc(CNC(=O)CC2CCc3ccccc32)cc1. The summed E-state index contributed by atoms with van der Waals surface area (Å²) in [4.78, 5) is 12.6. The minimum Gasteiger partial charge on any atom is -0.352 e. The van der Waals surface area contributed by atoms with Crippen LogP contribution in [0.1, 0.15) is 49.3 Å². The number of sulfonamides is 1. The number of rotatable bonds is 8. The Morgan fingerprint density at radius 1 is 1.07 bits per heavy atom. The van der Waals surface area contributed by atoms with Crippen LogP contribution in [-0.4, -0.2) is 31.7 Å². The Morgan fingerprint density at radius 3 is 2.43 bits per heavy atom. The van der Waals surface area contributed by atoms with Crippen molar-refractivity contribution < 1.29 is 13.2 Å². The maximum absolute atomic E-state index is 12.5. The molecule has 1 atom stereocenters. The molecule has 2 aromatic rings. The summed E-state index contributed by atoms with van der Waals surface area (Å²) in [6.45, 7) is 4.95. The monoisotopic (exact) mass is 400 g/mol. The second-order valence-corrected chi connectivity index (χ2v) is 9.09. The molecule has 0 saturated carbocycles. The molecule has 0 aromatic heterocycles. The van der Waals surface area contributed by atoms with Crippen molar-refractivity contribution in [3.63, 3.8) is 0 Å². The first-order valence-electron chi connectivity index (χ1n) is 9.89. The summed E-state index contributed by atoms with van der Waals surface area (Å²) in [5.41, 5.74) is 3.53. The molecule has 1 aliphatic carbocycles. The summed E-state index contributed by atoms with van der Waals surface area (Å²) in [6.07, 6.45) is 2.55. The standard InChI is InChI=1S/C22H28N2O3S/c1-3-24(4-2)28(26,27)20-13-9-17(10-14-20)16-23-22(25)15-19-12-11-18-7-5-6-8-21(18)19/h5-10,13-14,19H,3-4,11-12,15-16H2,1-2H3,(H,23,25). The summed E-state index contributed by atoms with van der Waals surface area (Å²) in [5.74, 6) is 0.319. The van der Waals surface area contributed by atoms with Crippen LogP contribution in [0.4, 0.5) is 0 Å². The molecule has 28 heavy (non-hydrogen) atoms. The number of nitrogens with zero attached hydrogens (tertiary/aromatic N) is 1. The molecule has 0 aliphatic heterocycles. The molecule has 5 nitrogen and oxygen atoms in total. The maximum atomic E-state index is 12.5. The van der Waals surface area contributed by atoms with E-state index in [2.05, 4.69) is 17.4 Å². The summed E-state index contributed by atoms with van der Waals surface area (Å²) in [6, 6.07) is 15.1. The predicted molar refractivity (Wildman–Crippen MR) is 111 cm³/mol. The Bertz CT molecular complexity index is 919. The van der Waals surface area contributed by atoms with Crippen LogP contribution >= 0.6 is 0 Å². The van der Waals surface area contributed by atoms with E-state index in [0.717, 1.165) is 18.4 Å². The van der Waals surface area contributed by atoms with E-state index < -0.39 is 10.0 Å². The van der Waals surface area contributed by atoms with E-state index in [9.17, 15) is 13.2 Å². The number of benzene rings is 2. The van der Waals surface area contributed by atoms with Crippen molar-refractivity contribution in [2.75, 3.05) is 13.1 Å². The Labute approximate surface area is 167 Å². The minimum atomic E-state index is -3.45. The van der Waals surface area contributed by atoms with E-state index in [0.29, 0.717) is 26.1 Å². The topological polar surface area (TPSA) is 66.5 Å². The molecule has 3 rings (SSSR count). The molecule has 0 spiro atoms. The van der Waals surface area contributed by atoms with Gasteiger partial charge in [-0.3, -0.25) is 4.79 Å². The number of fused-ring (bicyclic) bond motifs is 1. The first kappa shape index (κ1) is 20.6. The van der Waals surface area contributed by atoms with Crippen molar-refractivity contribution in [1.82, 2.24) is 9.62 Å². The number of carbonyl (C=O) groups is 1. The molecule has 1 amide bonds. The van der Waals surface area contributed by atoms with Gasteiger partial charge in [-0.1, -0.05) is 50.2 Å². The van der Waals surface area contributed by atoms with E-state index in [1.54, 1.807) is 24.3 Å². The van der Waals surface area contributed by atoms with Crippen LogP contribution < -0.4 is 5.32 Å². The third-order valence-corrected chi connectivity index (χ3v) is 7.51. The summed E-state index contributed by atoms with van der Waals surface area (Å²) in [7, 11) is -3.45. The average Bonchev–Trinajstić information content (AvgIpc) is 3.10. The molecule has 6 heteroatoms. The molecule has 1 N–H and O–H groups in total. The number of carbonyl (C=O) groups excluding carboxylic acids is 1. The highest BCUT2D eigenvalue weighted by Crippen LogP contribution is 2.35. The number of hydrogen-bond acceptors (Lipinski definition) is 3.